The molecule has 2 N–H and O–H groups in total. The Bertz CT molecular complexity index is 485. The van der Waals surface area contributed by atoms with Gasteiger partial charge in [-0.15, -0.1) is 0 Å². The van der Waals surface area contributed by atoms with E-state index in [1.54, 1.807) is 0 Å². The van der Waals surface area contributed by atoms with E-state index in [1.807, 2.05) is 30.3 Å². The summed E-state index contributed by atoms with van der Waals surface area (Å²) in [5.74, 6) is -1.04. The third-order valence-electron chi connectivity index (χ3n) is 3.87. The standard InChI is InChI=1S/C17H25NO4/c1-4-17(2,3)11-10-14(15(19)20)18-16(21)22-12-13-8-6-5-7-9-13/h5-9,14H,4,10-12H2,1-3H3,(H,18,21)(H,19,20)/t14-/m0/s1. The second-order valence-electron chi connectivity index (χ2n) is 6.15. The first-order chi connectivity index (χ1) is 10.3. The van der Waals surface area contributed by atoms with Crippen molar-refractivity contribution in [2.24, 2.45) is 5.41 Å². The van der Waals surface area contributed by atoms with E-state index in [-0.39, 0.29) is 12.0 Å². The maximum atomic E-state index is 11.7. The number of carbonyl (C=O) groups excluding carboxylic acids is 1. The summed E-state index contributed by atoms with van der Waals surface area (Å²) in [7, 11) is 0. The SMILES string of the molecule is CCC(C)(C)CC[C@H](NC(=O)OCc1ccccc1)C(=O)O. The molecule has 0 saturated carbocycles. The molecular formula is C17H25NO4. The highest BCUT2D eigenvalue weighted by Crippen LogP contribution is 2.26. The van der Waals surface area contributed by atoms with Gasteiger partial charge in [0, 0.05) is 0 Å². The van der Waals surface area contributed by atoms with Gasteiger partial charge in [0.2, 0.25) is 0 Å². The lowest BCUT2D eigenvalue weighted by atomic mass is 9.84. The number of nitrogens with one attached hydrogen (secondary N) is 1. The van der Waals surface area contributed by atoms with Crippen LogP contribution in [0.3, 0.4) is 0 Å². The minimum atomic E-state index is -1.04. The van der Waals surface area contributed by atoms with E-state index >= 15 is 0 Å². The van der Waals surface area contributed by atoms with Crippen LogP contribution in [0, 0.1) is 5.41 Å². The molecule has 0 unspecified atom stereocenters. The average molecular weight is 307 g/mol. The summed E-state index contributed by atoms with van der Waals surface area (Å²) in [6.45, 7) is 6.36. The smallest absolute Gasteiger partial charge is 0.408 e. The summed E-state index contributed by atoms with van der Waals surface area (Å²) in [5, 5.41) is 11.6. The maximum Gasteiger partial charge on any atom is 0.408 e. The Morgan fingerprint density at radius 2 is 1.91 bits per heavy atom. The topological polar surface area (TPSA) is 75.6 Å². The third-order valence-corrected chi connectivity index (χ3v) is 3.87. The van der Waals surface area contributed by atoms with Gasteiger partial charge < -0.3 is 15.2 Å². The number of ether oxygens (including phenoxy) is 1. The number of hydrogen-bond donors (Lipinski definition) is 2. The third kappa shape index (κ3) is 6.61. The molecule has 0 heterocycles. The summed E-state index contributed by atoms with van der Waals surface area (Å²) in [5.41, 5.74) is 0.917. The zero-order valence-electron chi connectivity index (χ0n) is 13.5. The van der Waals surface area contributed by atoms with Crippen LogP contribution < -0.4 is 5.32 Å². The van der Waals surface area contributed by atoms with Crippen LogP contribution in [-0.4, -0.2) is 23.2 Å². The van der Waals surface area contributed by atoms with Crippen molar-refractivity contribution in [3.63, 3.8) is 0 Å². The summed E-state index contributed by atoms with van der Waals surface area (Å²) in [6, 6.07) is 8.33. The van der Waals surface area contributed by atoms with Crippen molar-refractivity contribution in [3.05, 3.63) is 35.9 Å². The fourth-order valence-electron chi connectivity index (χ4n) is 1.88. The maximum absolute atomic E-state index is 11.7. The highest BCUT2D eigenvalue weighted by Gasteiger charge is 2.24. The number of rotatable bonds is 8. The van der Waals surface area contributed by atoms with Crippen molar-refractivity contribution in [3.8, 4) is 0 Å². The molecule has 5 heteroatoms. The summed E-state index contributed by atoms with van der Waals surface area (Å²) < 4.78 is 5.05. The minimum Gasteiger partial charge on any atom is -0.480 e. The molecule has 0 aromatic heterocycles. The van der Waals surface area contributed by atoms with E-state index in [0.29, 0.717) is 6.42 Å². The molecule has 22 heavy (non-hydrogen) atoms. The van der Waals surface area contributed by atoms with Gasteiger partial charge in [-0.25, -0.2) is 9.59 Å². The lowest BCUT2D eigenvalue weighted by molar-refractivity contribution is -0.139. The van der Waals surface area contributed by atoms with Gasteiger partial charge in [0.1, 0.15) is 12.6 Å². The van der Waals surface area contributed by atoms with Gasteiger partial charge in [0.05, 0.1) is 0 Å². The fourth-order valence-corrected chi connectivity index (χ4v) is 1.88. The van der Waals surface area contributed by atoms with Crippen LogP contribution in [0.15, 0.2) is 30.3 Å². The first-order valence-corrected chi connectivity index (χ1v) is 7.54. The molecule has 0 aliphatic heterocycles. The minimum absolute atomic E-state index is 0.0589. The van der Waals surface area contributed by atoms with Crippen molar-refractivity contribution in [1.82, 2.24) is 5.32 Å². The molecule has 0 fully saturated rings. The predicted molar refractivity (Wildman–Crippen MR) is 84.5 cm³/mol. The second kappa shape index (κ2) is 8.41. The molecule has 0 bridgehead atoms. The second-order valence-corrected chi connectivity index (χ2v) is 6.15. The van der Waals surface area contributed by atoms with Gasteiger partial charge in [0.15, 0.2) is 0 Å². The number of carboxylic acids is 1. The van der Waals surface area contributed by atoms with Gasteiger partial charge >= 0.3 is 12.1 Å². The number of hydrogen-bond acceptors (Lipinski definition) is 3. The molecule has 5 nitrogen and oxygen atoms in total. The van der Waals surface area contributed by atoms with Crippen molar-refractivity contribution in [1.29, 1.82) is 0 Å². The van der Waals surface area contributed by atoms with Gasteiger partial charge in [-0.3, -0.25) is 0 Å². The van der Waals surface area contributed by atoms with E-state index in [9.17, 15) is 14.7 Å². The average Bonchev–Trinajstić information content (AvgIpc) is 2.50. The molecule has 1 aromatic rings. The van der Waals surface area contributed by atoms with Crippen LogP contribution in [0.25, 0.3) is 0 Å². The largest absolute Gasteiger partial charge is 0.480 e. The van der Waals surface area contributed by atoms with Crippen LogP contribution in [0.5, 0.6) is 0 Å². The molecular weight excluding hydrogens is 282 g/mol. The predicted octanol–water partition coefficient (Wildman–Crippen LogP) is 3.58. The Balaban J connectivity index is 2.45. The van der Waals surface area contributed by atoms with E-state index in [0.717, 1.165) is 18.4 Å². The zero-order valence-corrected chi connectivity index (χ0v) is 13.5. The van der Waals surface area contributed by atoms with Crippen LogP contribution >= 0.6 is 0 Å². The Kier molecular flexibility index (Phi) is 6.89. The number of carboxylic acid groups (broad SMARTS) is 1. The molecule has 122 valence electrons. The molecule has 0 spiro atoms. The van der Waals surface area contributed by atoms with Gasteiger partial charge in [-0.2, -0.15) is 0 Å². The van der Waals surface area contributed by atoms with Gasteiger partial charge in [-0.05, 0) is 23.8 Å². The number of benzene rings is 1. The van der Waals surface area contributed by atoms with E-state index < -0.39 is 18.1 Å². The number of amides is 1. The lowest BCUT2D eigenvalue weighted by Gasteiger charge is -2.24. The molecule has 1 atom stereocenters. The van der Waals surface area contributed by atoms with Crippen molar-refractivity contribution in [2.75, 3.05) is 0 Å². The monoisotopic (exact) mass is 307 g/mol. The van der Waals surface area contributed by atoms with Crippen LogP contribution in [0.2, 0.25) is 0 Å². The molecule has 1 amide bonds. The van der Waals surface area contributed by atoms with Gasteiger partial charge in [-0.1, -0.05) is 57.5 Å². The van der Waals surface area contributed by atoms with E-state index in [4.69, 9.17) is 4.74 Å². The molecule has 0 aliphatic carbocycles. The lowest BCUT2D eigenvalue weighted by Crippen LogP contribution is -2.41. The summed E-state index contributed by atoms with van der Waals surface area (Å²) >= 11 is 0. The Morgan fingerprint density at radius 3 is 2.45 bits per heavy atom. The highest BCUT2D eigenvalue weighted by molar-refractivity contribution is 5.79. The zero-order chi connectivity index (χ0) is 16.6. The normalized spacial score (nSPS) is 12.5. The van der Waals surface area contributed by atoms with Crippen molar-refractivity contribution in [2.45, 2.75) is 52.7 Å². The fraction of sp³-hybridized carbons (Fsp3) is 0.529. The molecule has 0 radical (unpaired) electrons. The number of aliphatic carboxylic acids is 1. The number of alkyl carbamates (subject to hydrolysis) is 1. The quantitative estimate of drug-likeness (QED) is 0.769. The van der Waals surface area contributed by atoms with Crippen molar-refractivity contribution >= 4 is 12.1 Å². The molecule has 1 aromatic carbocycles. The van der Waals surface area contributed by atoms with Crippen LogP contribution in [0.4, 0.5) is 4.79 Å². The molecule has 1 rings (SSSR count). The van der Waals surface area contributed by atoms with E-state index in [1.165, 1.54) is 0 Å². The van der Waals surface area contributed by atoms with Crippen LogP contribution in [-0.2, 0) is 16.1 Å². The Hall–Kier alpha value is -2.04. The van der Waals surface area contributed by atoms with Crippen molar-refractivity contribution < 1.29 is 19.4 Å². The van der Waals surface area contributed by atoms with Gasteiger partial charge in [0.25, 0.3) is 0 Å². The Morgan fingerprint density at radius 1 is 1.27 bits per heavy atom. The van der Waals surface area contributed by atoms with Crippen LogP contribution in [0.1, 0.15) is 45.6 Å². The first-order valence-electron chi connectivity index (χ1n) is 7.54. The van der Waals surface area contributed by atoms with E-state index in [2.05, 4.69) is 26.1 Å². The molecule has 0 saturated heterocycles. The summed E-state index contributed by atoms with van der Waals surface area (Å²) in [4.78, 5) is 23.0. The first kappa shape index (κ1) is 18.0. The summed E-state index contributed by atoms with van der Waals surface area (Å²) in [6.07, 6.45) is 1.36. The highest BCUT2D eigenvalue weighted by atomic mass is 16.5. The Labute approximate surface area is 131 Å². The number of carbonyl (C=O) groups is 2. The molecule has 0 aliphatic rings.